The van der Waals surface area contributed by atoms with Gasteiger partial charge >= 0.3 is 6.03 Å². The van der Waals surface area contributed by atoms with Gasteiger partial charge in [0, 0.05) is 26.2 Å². The van der Waals surface area contributed by atoms with Crippen LogP contribution in [0.5, 0.6) is 0 Å². The number of piperidine rings is 1. The molecule has 18 heavy (non-hydrogen) atoms. The Morgan fingerprint density at radius 3 is 2.94 bits per heavy atom. The van der Waals surface area contributed by atoms with Gasteiger partial charge in [0.25, 0.3) is 0 Å². The minimum absolute atomic E-state index is 0.00429. The predicted octanol–water partition coefficient (Wildman–Crippen LogP) is -0.635. The Morgan fingerprint density at radius 1 is 1.28 bits per heavy atom. The highest BCUT2D eigenvalue weighted by Crippen LogP contribution is 2.17. The standard InChI is InChI=1S/C12H20N4O2/c17-11(10-3-1-2-4-13-10)15-5-6-16-9(8-15)7-14-12(16)18/h9-10,13H,1-8H2,(H,14,18)/t9?,10-/m1/s1. The van der Waals surface area contributed by atoms with Gasteiger partial charge in [-0.3, -0.25) is 4.79 Å². The second-order valence-corrected chi connectivity index (χ2v) is 5.32. The molecule has 3 rings (SSSR count). The van der Waals surface area contributed by atoms with Crippen molar-refractivity contribution in [2.75, 3.05) is 32.7 Å². The van der Waals surface area contributed by atoms with Gasteiger partial charge in [0.15, 0.2) is 0 Å². The van der Waals surface area contributed by atoms with E-state index in [0.717, 1.165) is 19.4 Å². The van der Waals surface area contributed by atoms with E-state index in [1.54, 1.807) is 0 Å². The lowest BCUT2D eigenvalue weighted by Gasteiger charge is -2.38. The van der Waals surface area contributed by atoms with Gasteiger partial charge in [0.05, 0.1) is 12.1 Å². The number of piperazine rings is 1. The van der Waals surface area contributed by atoms with Gasteiger partial charge in [-0.2, -0.15) is 0 Å². The molecule has 3 heterocycles. The van der Waals surface area contributed by atoms with Gasteiger partial charge in [0.1, 0.15) is 0 Å². The molecular weight excluding hydrogens is 232 g/mol. The Bertz CT molecular complexity index is 354. The normalized spacial score (nSPS) is 32.1. The first kappa shape index (κ1) is 11.8. The monoisotopic (exact) mass is 252 g/mol. The number of nitrogens with zero attached hydrogens (tertiary/aromatic N) is 2. The van der Waals surface area contributed by atoms with E-state index in [1.807, 2.05) is 9.80 Å². The Hall–Kier alpha value is -1.30. The Balaban J connectivity index is 1.60. The van der Waals surface area contributed by atoms with Crippen molar-refractivity contribution in [3.63, 3.8) is 0 Å². The quantitative estimate of drug-likeness (QED) is 0.653. The SMILES string of the molecule is O=C([C@H]1CCCCN1)N1CCN2C(=O)NCC2C1. The topological polar surface area (TPSA) is 64.7 Å². The molecule has 0 radical (unpaired) electrons. The number of urea groups is 1. The number of fused-ring (bicyclic) bond motifs is 1. The van der Waals surface area contributed by atoms with Crippen LogP contribution in [0.3, 0.4) is 0 Å². The van der Waals surface area contributed by atoms with Crippen LogP contribution in [0.1, 0.15) is 19.3 Å². The second-order valence-electron chi connectivity index (χ2n) is 5.32. The van der Waals surface area contributed by atoms with Crippen LogP contribution in [0.15, 0.2) is 0 Å². The number of carbonyl (C=O) groups excluding carboxylic acids is 2. The van der Waals surface area contributed by atoms with Gasteiger partial charge in [-0.25, -0.2) is 4.79 Å². The molecule has 0 saturated carbocycles. The van der Waals surface area contributed by atoms with Crippen molar-refractivity contribution < 1.29 is 9.59 Å². The molecule has 3 amide bonds. The summed E-state index contributed by atoms with van der Waals surface area (Å²) in [5.74, 6) is 0.216. The minimum Gasteiger partial charge on any atom is -0.337 e. The van der Waals surface area contributed by atoms with Crippen molar-refractivity contribution in [2.45, 2.75) is 31.3 Å². The number of amides is 3. The summed E-state index contributed by atoms with van der Waals surface area (Å²) in [5, 5.41) is 6.13. The highest BCUT2D eigenvalue weighted by atomic mass is 16.2. The van der Waals surface area contributed by atoms with Crippen LogP contribution in [-0.4, -0.2) is 66.5 Å². The molecule has 3 aliphatic heterocycles. The summed E-state index contributed by atoms with van der Waals surface area (Å²) >= 11 is 0. The fraction of sp³-hybridized carbons (Fsp3) is 0.833. The van der Waals surface area contributed by atoms with Crippen molar-refractivity contribution in [1.29, 1.82) is 0 Å². The molecule has 3 saturated heterocycles. The molecule has 2 N–H and O–H groups in total. The summed E-state index contributed by atoms with van der Waals surface area (Å²) in [4.78, 5) is 27.6. The first-order valence-corrected chi connectivity index (χ1v) is 6.82. The predicted molar refractivity (Wildman–Crippen MR) is 66.1 cm³/mol. The summed E-state index contributed by atoms with van der Waals surface area (Å²) in [6.45, 7) is 3.62. The van der Waals surface area contributed by atoms with Gasteiger partial charge in [-0.05, 0) is 19.4 Å². The summed E-state index contributed by atoms with van der Waals surface area (Å²) in [5.41, 5.74) is 0. The van der Waals surface area contributed by atoms with E-state index in [9.17, 15) is 9.59 Å². The van der Waals surface area contributed by atoms with E-state index in [4.69, 9.17) is 0 Å². The van der Waals surface area contributed by atoms with Crippen LogP contribution in [0.25, 0.3) is 0 Å². The van der Waals surface area contributed by atoms with E-state index in [0.29, 0.717) is 26.2 Å². The number of hydrogen-bond acceptors (Lipinski definition) is 3. The fourth-order valence-corrected chi connectivity index (χ4v) is 3.09. The Labute approximate surface area is 107 Å². The lowest BCUT2D eigenvalue weighted by molar-refractivity contribution is -0.136. The van der Waals surface area contributed by atoms with Crippen LogP contribution in [0.4, 0.5) is 4.79 Å². The molecule has 3 fully saturated rings. The molecule has 2 atom stereocenters. The average Bonchev–Trinajstić information content (AvgIpc) is 2.80. The zero-order valence-electron chi connectivity index (χ0n) is 10.5. The van der Waals surface area contributed by atoms with Crippen LogP contribution >= 0.6 is 0 Å². The highest BCUT2D eigenvalue weighted by molar-refractivity contribution is 5.83. The van der Waals surface area contributed by atoms with Gasteiger partial charge in [-0.15, -0.1) is 0 Å². The summed E-state index contributed by atoms with van der Waals surface area (Å²) in [6.07, 6.45) is 3.24. The lowest BCUT2D eigenvalue weighted by Crippen LogP contribution is -2.58. The maximum atomic E-state index is 12.4. The van der Waals surface area contributed by atoms with E-state index >= 15 is 0 Å². The van der Waals surface area contributed by atoms with Crippen LogP contribution < -0.4 is 10.6 Å². The molecule has 100 valence electrons. The van der Waals surface area contributed by atoms with E-state index in [-0.39, 0.29) is 24.0 Å². The molecule has 0 aliphatic carbocycles. The van der Waals surface area contributed by atoms with E-state index < -0.39 is 0 Å². The largest absolute Gasteiger partial charge is 0.337 e. The Kier molecular flexibility index (Phi) is 3.11. The third-order valence-electron chi connectivity index (χ3n) is 4.15. The first-order valence-electron chi connectivity index (χ1n) is 6.82. The number of hydrogen-bond donors (Lipinski definition) is 2. The van der Waals surface area contributed by atoms with Crippen molar-refractivity contribution in [3.05, 3.63) is 0 Å². The first-order chi connectivity index (χ1) is 8.75. The molecule has 6 heteroatoms. The average molecular weight is 252 g/mol. The van der Waals surface area contributed by atoms with Gasteiger partial charge in [-0.1, -0.05) is 6.42 Å². The maximum absolute atomic E-state index is 12.4. The van der Waals surface area contributed by atoms with Crippen LogP contribution in [0.2, 0.25) is 0 Å². The smallest absolute Gasteiger partial charge is 0.317 e. The van der Waals surface area contributed by atoms with Gasteiger partial charge < -0.3 is 20.4 Å². The summed E-state index contributed by atoms with van der Waals surface area (Å²) in [6, 6.07) is 0.178. The van der Waals surface area contributed by atoms with Gasteiger partial charge in [0.2, 0.25) is 5.91 Å². The third-order valence-corrected chi connectivity index (χ3v) is 4.15. The fourth-order valence-electron chi connectivity index (χ4n) is 3.09. The summed E-state index contributed by atoms with van der Waals surface area (Å²) < 4.78 is 0. The molecule has 0 bridgehead atoms. The molecule has 0 spiro atoms. The molecule has 0 aromatic rings. The zero-order valence-corrected chi connectivity index (χ0v) is 10.5. The van der Waals surface area contributed by atoms with Crippen molar-refractivity contribution in [2.24, 2.45) is 0 Å². The molecule has 6 nitrogen and oxygen atoms in total. The van der Waals surface area contributed by atoms with Crippen LogP contribution in [-0.2, 0) is 4.79 Å². The number of nitrogens with one attached hydrogen (secondary N) is 2. The van der Waals surface area contributed by atoms with Crippen molar-refractivity contribution in [1.82, 2.24) is 20.4 Å². The maximum Gasteiger partial charge on any atom is 0.317 e. The van der Waals surface area contributed by atoms with Crippen molar-refractivity contribution in [3.8, 4) is 0 Å². The lowest BCUT2D eigenvalue weighted by atomic mass is 10.0. The Morgan fingerprint density at radius 2 is 2.17 bits per heavy atom. The number of carbonyl (C=O) groups is 2. The molecule has 0 aromatic heterocycles. The molecule has 0 aromatic carbocycles. The minimum atomic E-state index is -0.00429. The molecule has 3 aliphatic rings. The number of rotatable bonds is 1. The second kappa shape index (κ2) is 4.76. The van der Waals surface area contributed by atoms with E-state index in [1.165, 1.54) is 6.42 Å². The van der Waals surface area contributed by atoms with Crippen molar-refractivity contribution >= 4 is 11.9 Å². The van der Waals surface area contributed by atoms with Crippen LogP contribution in [0, 0.1) is 0 Å². The molecular formula is C12H20N4O2. The van der Waals surface area contributed by atoms with E-state index in [2.05, 4.69) is 10.6 Å². The zero-order chi connectivity index (χ0) is 12.5. The third kappa shape index (κ3) is 2.05. The highest BCUT2D eigenvalue weighted by Gasteiger charge is 2.38. The molecule has 1 unspecified atom stereocenters. The summed E-state index contributed by atoms with van der Waals surface area (Å²) in [7, 11) is 0.